The van der Waals surface area contributed by atoms with Crippen molar-refractivity contribution >= 4 is 72.4 Å². The zero-order valence-corrected chi connectivity index (χ0v) is 32.3. The second-order valence-corrected chi connectivity index (χ2v) is 18.7. The maximum Gasteiger partial charge on any atom is 0.179 e. The van der Waals surface area contributed by atoms with Crippen LogP contribution in [-0.4, -0.2) is 17.2 Å². The molecule has 0 saturated heterocycles. The van der Waals surface area contributed by atoms with Gasteiger partial charge in [-0.15, -0.1) is 0 Å². The number of aromatic nitrogens is 2. The van der Waals surface area contributed by atoms with Gasteiger partial charge < -0.3 is 9.13 Å². The molecule has 11 rings (SSSR count). The van der Waals surface area contributed by atoms with E-state index in [2.05, 4.69) is 240 Å². The smallest absolute Gasteiger partial charge is 0.179 e. The lowest BCUT2D eigenvalue weighted by atomic mass is 10.0. The predicted molar refractivity (Wildman–Crippen MR) is 244 cm³/mol. The number of hydrogen-bond acceptors (Lipinski definition) is 0. The molecule has 0 unspecified atom stereocenters. The lowest BCUT2D eigenvalue weighted by Crippen LogP contribution is -2.74. The molecule has 0 aliphatic rings. The van der Waals surface area contributed by atoms with E-state index in [1.54, 1.807) is 0 Å². The van der Waals surface area contributed by atoms with Crippen molar-refractivity contribution in [1.82, 2.24) is 9.13 Å². The second-order valence-electron chi connectivity index (χ2n) is 14.9. The van der Waals surface area contributed by atoms with Crippen LogP contribution < -0.4 is 20.7 Å². The first-order valence-electron chi connectivity index (χ1n) is 19.7. The van der Waals surface area contributed by atoms with Crippen LogP contribution in [0.15, 0.2) is 231 Å². The molecule has 0 saturated carbocycles. The minimum absolute atomic E-state index is 1.14. The van der Waals surface area contributed by atoms with Crippen molar-refractivity contribution in [2.75, 3.05) is 0 Å². The van der Waals surface area contributed by atoms with Gasteiger partial charge in [-0.25, -0.2) is 0 Å². The lowest BCUT2D eigenvalue weighted by Gasteiger charge is -2.34. The quantitative estimate of drug-likeness (QED) is 0.114. The van der Waals surface area contributed by atoms with Gasteiger partial charge in [0.05, 0.1) is 22.1 Å². The molecule has 2 nitrogen and oxygen atoms in total. The van der Waals surface area contributed by atoms with Crippen molar-refractivity contribution in [3.05, 3.63) is 231 Å². The summed E-state index contributed by atoms with van der Waals surface area (Å²) in [5, 5.41) is 10.4. The van der Waals surface area contributed by atoms with Crippen LogP contribution in [0.4, 0.5) is 0 Å². The Morgan fingerprint density at radius 3 is 1.42 bits per heavy atom. The highest BCUT2D eigenvalue weighted by molar-refractivity contribution is 7.20. The Balaban J connectivity index is 1.23. The van der Waals surface area contributed by atoms with Crippen molar-refractivity contribution < 1.29 is 0 Å². The monoisotopic (exact) mass is 742 g/mol. The lowest BCUT2D eigenvalue weighted by molar-refractivity contribution is 1.16. The molecule has 0 fully saturated rings. The standard InChI is InChI=1S/C54H38N2Si/c1-6-19-39(20-7-1)46-30-18-31-50-49-35-33-41(37-52(49)56(54(46)50)40-21-8-2-9-22-40)55-51-32-17-16-29-47(51)48-36-34-45(38-53(48)55)57(42-23-10-3-11-24-42,43-25-12-4-13-26-43)44-27-14-5-15-28-44/h1-38H. The Kier molecular flexibility index (Phi) is 7.87. The van der Waals surface area contributed by atoms with Crippen molar-refractivity contribution in [2.45, 2.75) is 0 Å². The molecule has 3 heteroatoms. The van der Waals surface area contributed by atoms with Crippen molar-refractivity contribution in [3.63, 3.8) is 0 Å². The minimum Gasteiger partial charge on any atom is -0.309 e. The van der Waals surface area contributed by atoms with Crippen molar-refractivity contribution in [3.8, 4) is 22.5 Å². The zero-order chi connectivity index (χ0) is 37.8. The highest BCUT2D eigenvalue weighted by Crippen LogP contribution is 2.40. The number of para-hydroxylation sites is 3. The van der Waals surface area contributed by atoms with Crippen molar-refractivity contribution in [1.29, 1.82) is 0 Å². The number of hydrogen-bond donors (Lipinski definition) is 0. The van der Waals surface area contributed by atoms with Crippen LogP contribution in [-0.2, 0) is 0 Å². The van der Waals surface area contributed by atoms with Gasteiger partial charge in [0.2, 0.25) is 0 Å². The Labute approximate surface area is 333 Å². The maximum absolute atomic E-state index is 2.76. The molecule has 0 aliphatic heterocycles. The second kappa shape index (κ2) is 13.5. The van der Waals surface area contributed by atoms with Gasteiger partial charge >= 0.3 is 0 Å². The maximum atomic E-state index is 2.51. The van der Waals surface area contributed by atoms with E-state index in [9.17, 15) is 0 Å². The van der Waals surface area contributed by atoms with Crippen LogP contribution in [0.3, 0.4) is 0 Å². The third kappa shape index (κ3) is 5.17. The minimum atomic E-state index is -2.76. The van der Waals surface area contributed by atoms with E-state index >= 15 is 0 Å². The highest BCUT2D eigenvalue weighted by Gasteiger charge is 2.41. The third-order valence-corrected chi connectivity index (χ3v) is 16.6. The molecule has 9 aromatic carbocycles. The molecule has 2 heterocycles. The molecule has 57 heavy (non-hydrogen) atoms. The first kappa shape index (κ1) is 33.2. The molecular formula is C54H38N2Si. The Morgan fingerprint density at radius 1 is 0.281 bits per heavy atom. The summed E-state index contributed by atoms with van der Waals surface area (Å²) < 4.78 is 4.97. The fourth-order valence-corrected chi connectivity index (χ4v) is 14.2. The van der Waals surface area contributed by atoms with E-state index in [0.717, 1.165) is 11.4 Å². The van der Waals surface area contributed by atoms with Gasteiger partial charge in [-0.05, 0) is 62.7 Å². The molecule has 0 spiro atoms. The topological polar surface area (TPSA) is 9.86 Å². The summed E-state index contributed by atoms with van der Waals surface area (Å²) in [6.07, 6.45) is 0. The number of benzene rings is 9. The normalized spacial score (nSPS) is 11.9. The van der Waals surface area contributed by atoms with Gasteiger partial charge in [0.25, 0.3) is 0 Å². The molecule has 268 valence electrons. The summed E-state index contributed by atoms with van der Waals surface area (Å²) in [5.41, 5.74) is 9.52. The van der Waals surface area contributed by atoms with E-state index in [-0.39, 0.29) is 0 Å². The molecule has 2 aromatic heterocycles. The summed E-state index contributed by atoms with van der Waals surface area (Å²) in [7, 11) is -2.76. The molecule has 0 amide bonds. The highest BCUT2D eigenvalue weighted by atomic mass is 28.3. The number of nitrogens with zero attached hydrogens (tertiary/aromatic N) is 2. The number of fused-ring (bicyclic) bond motifs is 6. The molecule has 0 bridgehead atoms. The largest absolute Gasteiger partial charge is 0.309 e. The Morgan fingerprint density at radius 2 is 0.772 bits per heavy atom. The predicted octanol–water partition coefficient (Wildman–Crippen LogP) is 10.9. The zero-order valence-electron chi connectivity index (χ0n) is 31.3. The van der Waals surface area contributed by atoms with Crippen molar-refractivity contribution in [2.24, 2.45) is 0 Å². The van der Waals surface area contributed by atoms with Gasteiger partial charge in [0, 0.05) is 38.5 Å². The van der Waals surface area contributed by atoms with E-state index in [1.165, 1.54) is 75.5 Å². The van der Waals surface area contributed by atoms with Crippen LogP contribution in [0.5, 0.6) is 0 Å². The molecular weight excluding hydrogens is 705 g/mol. The Bertz CT molecular complexity index is 3110. The summed E-state index contributed by atoms with van der Waals surface area (Å²) in [6, 6.07) is 85.2. The van der Waals surface area contributed by atoms with Gasteiger partial charge in [-0.1, -0.05) is 194 Å². The van der Waals surface area contributed by atoms with E-state index in [0.29, 0.717) is 0 Å². The summed E-state index contributed by atoms with van der Waals surface area (Å²) in [4.78, 5) is 0. The van der Waals surface area contributed by atoms with Crippen LogP contribution in [0.2, 0.25) is 0 Å². The number of rotatable bonds is 7. The third-order valence-electron chi connectivity index (χ3n) is 11.9. The van der Waals surface area contributed by atoms with Gasteiger partial charge in [0.1, 0.15) is 0 Å². The average Bonchev–Trinajstić information content (AvgIpc) is 3.81. The van der Waals surface area contributed by atoms with E-state index < -0.39 is 8.07 Å². The fraction of sp³-hybridized carbons (Fsp3) is 0. The van der Waals surface area contributed by atoms with Crippen LogP contribution in [0.1, 0.15) is 0 Å². The Hall–Kier alpha value is -7.20. The van der Waals surface area contributed by atoms with Crippen LogP contribution in [0.25, 0.3) is 66.1 Å². The van der Waals surface area contributed by atoms with Crippen LogP contribution in [0, 0.1) is 0 Å². The van der Waals surface area contributed by atoms with Gasteiger partial charge in [-0.3, -0.25) is 0 Å². The molecule has 0 radical (unpaired) electrons. The van der Waals surface area contributed by atoms with Gasteiger partial charge in [-0.2, -0.15) is 0 Å². The van der Waals surface area contributed by atoms with Crippen LogP contribution >= 0.6 is 0 Å². The first-order valence-corrected chi connectivity index (χ1v) is 21.7. The molecule has 0 N–H and O–H groups in total. The molecule has 0 atom stereocenters. The summed E-state index contributed by atoms with van der Waals surface area (Å²) >= 11 is 0. The summed E-state index contributed by atoms with van der Waals surface area (Å²) in [5.74, 6) is 0. The van der Waals surface area contributed by atoms with E-state index in [4.69, 9.17) is 0 Å². The van der Waals surface area contributed by atoms with E-state index in [1.807, 2.05) is 0 Å². The average molecular weight is 743 g/mol. The van der Waals surface area contributed by atoms with Gasteiger partial charge in [0.15, 0.2) is 8.07 Å². The summed E-state index contributed by atoms with van der Waals surface area (Å²) in [6.45, 7) is 0. The fourth-order valence-electron chi connectivity index (χ4n) is 9.44. The first-order chi connectivity index (χ1) is 28.3. The molecule has 11 aromatic rings. The SMILES string of the molecule is c1ccc(-c2cccc3c4ccc(-n5c6ccccc6c6ccc([Si](c7ccccc7)(c7ccccc7)c7ccccc7)cc65)cc4n(-c4ccccc4)c23)cc1. The molecule has 0 aliphatic carbocycles.